The number of esters is 1. The molecule has 28 heavy (non-hydrogen) atoms. The van der Waals surface area contributed by atoms with Gasteiger partial charge in [-0.05, 0) is 29.0 Å². The van der Waals surface area contributed by atoms with E-state index in [0.717, 1.165) is 16.2 Å². The van der Waals surface area contributed by atoms with Gasteiger partial charge in [-0.3, -0.25) is 0 Å². The Hall–Kier alpha value is -3.93. The van der Waals surface area contributed by atoms with Crippen LogP contribution >= 0.6 is 0 Å². The molecule has 0 amide bonds. The summed E-state index contributed by atoms with van der Waals surface area (Å²) in [4.78, 5) is 28.7. The van der Waals surface area contributed by atoms with Crippen LogP contribution in [0.4, 0.5) is 0 Å². The molecule has 136 valence electrons. The van der Waals surface area contributed by atoms with Crippen molar-refractivity contribution in [3.05, 3.63) is 94.7 Å². The van der Waals surface area contributed by atoms with Gasteiger partial charge in [-0.25, -0.2) is 14.6 Å². The number of pyridine rings is 1. The number of imidazole rings is 1. The van der Waals surface area contributed by atoms with Gasteiger partial charge in [0, 0.05) is 29.4 Å². The fourth-order valence-corrected chi connectivity index (χ4v) is 3.38. The summed E-state index contributed by atoms with van der Waals surface area (Å²) in [7, 11) is 0. The third-order valence-corrected chi connectivity index (χ3v) is 4.65. The fourth-order valence-electron chi connectivity index (χ4n) is 3.38. The molecule has 0 saturated carbocycles. The minimum absolute atomic E-state index is 0.0528. The van der Waals surface area contributed by atoms with E-state index in [0.29, 0.717) is 16.8 Å². The van der Waals surface area contributed by atoms with Crippen LogP contribution in [0, 0.1) is 0 Å². The van der Waals surface area contributed by atoms with Crippen molar-refractivity contribution in [2.24, 2.45) is 0 Å². The molecule has 0 bridgehead atoms. The van der Waals surface area contributed by atoms with E-state index in [1.165, 1.54) is 6.07 Å². The first-order chi connectivity index (χ1) is 13.7. The average Bonchev–Trinajstić information content (AvgIpc) is 3.15. The Morgan fingerprint density at radius 1 is 1.07 bits per heavy atom. The lowest BCUT2D eigenvalue weighted by atomic mass is 10.0. The van der Waals surface area contributed by atoms with Crippen LogP contribution in [-0.2, 0) is 11.3 Å². The lowest BCUT2D eigenvalue weighted by Gasteiger charge is -2.09. The minimum atomic E-state index is -0.551. The molecule has 0 fully saturated rings. The van der Waals surface area contributed by atoms with Crippen molar-refractivity contribution in [2.75, 3.05) is 0 Å². The van der Waals surface area contributed by atoms with Gasteiger partial charge in [0.1, 0.15) is 17.8 Å². The molecule has 0 aliphatic rings. The van der Waals surface area contributed by atoms with Crippen molar-refractivity contribution in [2.45, 2.75) is 6.61 Å². The van der Waals surface area contributed by atoms with E-state index in [2.05, 4.69) is 4.98 Å². The molecule has 0 atom stereocenters. The van der Waals surface area contributed by atoms with Crippen molar-refractivity contribution >= 4 is 33.4 Å². The van der Waals surface area contributed by atoms with Gasteiger partial charge in [-0.1, -0.05) is 36.4 Å². The smallest absolute Gasteiger partial charge is 0.358 e. The molecule has 0 aliphatic heterocycles. The minimum Gasteiger partial charge on any atom is -0.456 e. The van der Waals surface area contributed by atoms with E-state index in [1.54, 1.807) is 28.9 Å². The zero-order valence-electron chi connectivity index (χ0n) is 14.7. The first kappa shape index (κ1) is 16.3. The maximum Gasteiger partial charge on any atom is 0.358 e. The number of nitrogens with zero attached hydrogens (tertiary/aromatic N) is 2. The molecule has 0 radical (unpaired) electrons. The zero-order valence-corrected chi connectivity index (χ0v) is 14.7. The van der Waals surface area contributed by atoms with Gasteiger partial charge in [0.15, 0.2) is 5.69 Å². The van der Waals surface area contributed by atoms with Crippen LogP contribution in [0.2, 0.25) is 0 Å². The van der Waals surface area contributed by atoms with Crippen LogP contribution in [0.5, 0.6) is 0 Å². The molecule has 0 saturated heterocycles. The molecule has 3 aromatic heterocycles. The van der Waals surface area contributed by atoms with Gasteiger partial charge in [0.25, 0.3) is 0 Å². The molecule has 0 spiro atoms. The number of rotatable bonds is 3. The first-order valence-corrected chi connectivity index (χ1v) is 8.74. The van der Waals surface area contributed by atoms with Gasteiger partial charge in [0.05, 0.1) is 0 Å². The van der Waals surface area contributed by atoms with E-state index >= 15 is 0 Å². The Bertz CT molecular complexity index is 1380. The Kier molecular flexibility index (Phi) is 3.69. The third kappa shape index (κ3) is 2.72. The second kappa shape index (κ2) is 6.35. The van der Waals surface area contributed by atoms with Gasteiger partial charge < -0.3 is 13.6 Å². The summed E-state index contributed by atoms with van der Waals surface area (Å²) >= 11 is 0. The second-order valence-corrected chi connectivity index (χ2v) is 6.42. The lowest BCUT2D eigenvalue weighted by molar-refractivity contribution is 0.0467. The Morgan fingerprint density at radius 3 is 2.82 bits per heavy atom. The van der Waals surface area contributed by atoms with Crippen LogP contribution in [-0.4, -0.2) is 15.4 Å². The molecule has 2 aromatic carbocycles. The molecule has 0 unspecified atom stereocenters. The summed E-state index contributed by atoms with van der Waals surface area (Å²) in [6.45, 7) is -0.0528. The van der Waals surface area contributed by atoms with Gasteiger partial charge >= 0.3 is 11.6 Å². The highest BCUT2D eigenvalue weighted by molar-refractivity contribution is 6.07. The number of carbonyl (C=O) groups excluding carboxylic acids is 1. The van der Waals surface area contributed by atoms with Crippen LogP contribution in [0.1, 0.15) is 16.1 Å². The molecular weight excluding hydrogens is 356 g/mol. The Labute approximate surface area is 158 Å². The van der Waals surface area contributed by atoms with E-state index < -0.39 is 11.6 Å². The summed E-state index contributed by atoms with van der Waals surface area (Å²) in [5.41, 5.74) is 1.45. The van der Waals surface area contributed by atoms with Gasteiger partial charge in [-0.15, -0.1) is 0 Å². The number of hydrogen-bond donors (Lipinski definition) is 0. The first-order valence-electron chi connectivity index (χ1n) is 8.74. The van der Waals surface area contributed by atoms with E-state index in [1.807, 2.05) is 42.5 Å². The molecule has 0 N–H and O–H groups in total. The third-order valence-electron chi connectivity index (χ3n) is 4.65. The number of ether oxygens (including phenoxy) is 1. The highest BCUT2D eigenvalue weighted by Gasteiger charge is 2.15. The Morgan fingerprint density at radius 2 is 1.93 bits per heavy atom. The number of hydrogen-bond acceptors (Lipinski definition) is 5. The van der Waals surface area contributed by atoms with Crippen molar-refractivity contribution in [3.8, 4) is 0 Å². The highest BCUT2D eigenvalue weighted by atomic mass is 16.5. The predicted molar refractivity (Wildman–Crippen MR) is 104 cm³/mol. The molecule has 5 rings (SSSR count). The molecule has 6 nitrogen and oxygen atoms in total. The van der Waals surface area contributed by atoms with Gasteiger partial charge in [0.2, 0.25) is 0 Å². The monoisotopic (exact) mass is 370 g/mol. The largest absolute Gasteiger partial charge is 0.456 e. The van der Waals surface area contributed by atoms with Crippen LogP contribution in [0.25, 0.3) is 27.4 Å². The van der Waals surface area contributed by atoms with E-state index in [-0.39, 0.29) is 12.3 Å². The summed E-state index contributed by atoms with van der Waals surface area (Å²) < 4.78 is 12.5. The maximum atomic E-state index is 12.5. The molecule has 0 aliphatic carbocycles. The second-order valence-electron chi connectivity index (χ2n) is 6.42. The average molecular weight is 370 g/mol. The number of carbonyl (C=O) groups is 1. The molecule has 6 heteroatoms. The van der Waals surface area contributed by atoms with Crippen LogP contribution < -0.4 is 5.63 Å². The number of benzene rings is 2. The van der Waals surface area contributed by atoms with Crippen molar-refractivity contribution in [1.29, 1.82) is 0 Å². The van der Waals surface area contributed by atoms with Crippen LogP contribution in [0.3, 0.4) is 0 Å². The van der Waals surface area contributed by atoms with Crippen LogP contribution in [0.15, 0.2) is 82.3 Å². The molecule has 3 heterocycles. The van der Waals surface area contributed by atoms with Crippen molar-refractivity contribution in [3.63, 3.8) is 0 Å². The van der Waals surface area contributed by atoms with E-state index in [9.17, 15) is 9.59 Å². The van der Waals surface area contributed by atoms with E-state index in [4.69, 9.17) is 9.15 Å². The van der Waals surface area contributed by atoms with Gasteiger partial charge in [-0.2, -0.15) is 0 Å². The Balaban J connectivity index is 1.53. The summed E-state index contributed by atoms with van der Waals surface area (Å²) in [6.07, 6.45) is 3.42. The summed E-state index contributed by atoms with van der Waals surface area (Å²) in [5, 5.41) is 2.71. The van der Waals surface area contributed by atoms with Crippen molar-refractivity contribution < 1.29 is 13.9 Å². The predicted octanol–water partition coefficient (Wildman–Crippen LogP) is 3.95. The standard InChI is InChI=1S/C22H14N2O4/c25-20-11-15(21-16-6-2-1-5-14(16)8-9-18(21)28-20)13-27-22(26)17-12-24-10-4-3-7-19(24)23-17/h1-12H,13H2. The normalized spacial score (nSPS) is 11.3. The topological polar surface area (TPSA) is 73.8 Å². The summed E-state index contributed by atoms with van der Waals surface area (Å²) in [6, 6.07) is 18.3. The quantitative estimate of drug-likeness (QED) is 0.273. The maximum absolute atomic E-state index is 12.5. The molecule has 5 aromatic rings. The SMILES string of the molecule is O=C(OCc1cc(=O)oc2ccc3ccccc3c12)c1cn2ccccc2n1. The summed E-state index contributed by atoms with van der Waals surface area (Å²) in [5.74, 6) is -0.551. The lowest BCUT2D eigenvalue weighted by Crippen LogP contribution is -2.08. The number of fused-ring (bicyclic) bond motifs is 4. The highest BCUT2D eigenvalue weighted by Crippen LogP contribution is 2.27. The zero-order chi connectivity index (χ0) is 19.1. The number of aromatic nitrogens is 2. The van der Waals surface area contributed by atoms with Crippen molar-refractivity contribution in [1.82, 2.24) is 9.38 Å². The fraction of sp³-hybridized carbons (Fsp3) is 0.0455. The molecular formula is C22H14N2O4.